The van der Waals surface area contributed by atoms with E-state index in [1.165, 1.54) is 0 Å². The Morgan fingerprint density at radius 1 is 1.19 bits per heavy atom. The first-order valence-electron chi connectivity index (χ1n) is 10.4. The monoisotopic (exact) mass is 479 g/mol. The first kappa shape index (κ1) is 21.5. The number of amides is 1. The van der Waals surface area contributed by atoms with Crippen LogP contribution < -0.4 is 10.6 Å². The van der Waals surface area contributed by atoms with Crippen LogP contribution in [0.15, 0.2) is 69.6 Å². The maximum absolute atomic E-state index is 13.5. The van der Waals surface area contributed by atoms with Crippen LogP contribution in [0.3, 0.4) is 0 Å². The second kappa shape index (κ2) is 8.08. The minimum absolute atomic E-state index is 0.0928. The molecule has 1 atom stereocenters. The van der Waals surface area contributed by atoms with Crippen LogP contribution in [0.2, 0.25) is 0 Å². The Hall–Kier alpha value is -2.73. The molecule has 1 aromatic heterocycles. The van der Waals surface area contributed by atoms with Crippen LogP contribution in [0.5, 0.6) is 0 Å². The van der Waals surface area contributed by atoms with E-state index in [2.05, 4.69) is 45.4 Å². The lowest BCUT2D eigenvalue weighted by Gasteiger charge is -2.39. The highest BCUT2D eigenvalue weighted by Gasteiger charge is 2.42. The Bertz CT molecular complexity index is 1150. The van der Waals surface area contributed by atoms with Crippen molar-refractivity contribution < 1.29 is 9.59 Å². The summed E-state index contributed by atoms with van der Waals surface area (Å²) in [4.78, 5) is 31.1. The van der Waals surface area contributed by atoms with Gasteiger partial charge in [-0.05, 0) is 61.1 Å². The zero-order valence-corrected chi connectivity index (χ0v) is 19.8. The summed E-state index contributed by atoms with van der Waals surface area (Å²) in [5.74, 6) is -0.0937. The summed E-state index contributed by atoms with van der Waals surface area (Å²) >= 11 is 3.54. The molecule has 1 aliphatic carbocycles. The highest BCUT2D eigenvalue weighted by molar-refractivity contribution is 9.10. The van der Waals surface area contributed by atoms with Gasteiger partial charge >= 0.3 is 0 Å². The van der Waals surface area contributed by atoms with Gasteiger partial charge in [-0.15, -0.1) is 0 Å². The molecule has 31 heavy (non-hydrogen) atoms. The molecule has 1 amide bonds. The quantitative estimate of drug-likeness (QED) is 0.618. The molecule has 0 spiro atoms. The van der Waals surface area contributed by atoms with Crippen LogP contribution in [0.4, 0.5) is 5.82 Å². The third-order valence-electron chi connectivity index (χ3n) is 5.82. The molecular formula is C25H26BrN3O2. The Morgan fingerprint density at radius 3 is 2.68 bits per heavy atom. The molecule has 160 valence electrons. The van der Waals surface area contributed by atoms with E-state index in [0.717, 1.165) is 33.4 Å². The summed E-state index contributed by atoms with van der Waals surface area (Å²) < 4.78 is 0.909. The molecule has 0 radical (unpaired) electrons. The number of rotatable bonds is 3. The van der Waals surface area contributed by atoms with Gasteiger partial charge < -0.3 is 10.6 Å². The predicted octanol–water partition coefficient (Wildman–Crippen LogP) is 5.40. The molecule has 0 saturated carbocycles. The van der Waals surface area contributed by atoms with Gasteiger partial charge in [0.2, 0.25) is 0 Å². The molecule has 4 rings (SSSR count). The minimum Gasteiger partial charge on any atom is -0.362 e. The molecule has 0 fully saturated rings. The third kappa shape index (κ3) is 4.35. The van der Waals surface area contributed by atoms with E-state index in [-0.39, 0.29) is 17.1 Å². The number of carbonyl (C=O) groups is 2. The first-order chi connectivity index (χ1) is 14.6. The average molecular weight is 480 g/mol. The molecular weight excluding hydrogens is 454 g/mol. The van der Waals surface area contributed by atoms with Gasteiger partial charge in [0.25, 0.3) is 5.91 Å². The molecule has 6 heteroatoms. The fourth-order valence-corrected chi connectivity index (χ4v) is 4.96. The van der Waals surface area contributed by atoms with Crippen LogP contribution in [-0.2, 0) is 9.59 Å². The molecule has 5 nitrogen and oxygen atoms in total. The first-order valence-corrected chi connectivity index (χ1v) is 11.2. The Kier molecular flexibility index (Phi) is 5.60. The number of aryl methyl sites for hydroxylation is 1. The van der Waals surface area contributed by atoms with E-state index >= 15 is 0 Å². The maximum Gasteiger partial charge on any atom is 0.255 e. The number of nitrogens with zero attached hydrogens (tertiary/aromatic N) is 1. The zero-order chi connectivity index (χ0) is 22.3. The fraction of sp³-hybridized carbons (Fsp3) is 0.320. The van der Waals surface area contributed by atoms with Gasteiger partial charge in [0.05, 0.1) is 0 Å². The third-order valence-corrected chi connectivity index (χ3v) is 6.32. The lowest BCUT2D eigenvalue weighted by atomic mass is 9.68. The number of Topliss-reactive ketones (excluding diaryl/α,β-unsaturated/α-hetero) is 1. The summed E-state index contributed by atoms with van der Waals surface area (Å²) in [5, 5.41) is 6.32. The second-order valence-corrected chi connectivity index (χ2v) is 10.1. The van der Waals surface area contributed by atoms with E-state index in [0.29, 0.717) is 23.4 Å². The van der Waals surface area contributed by atoms with Crippen LogP contribution >= 0.6 is 15.9 Å². The van der Waals surface area contributed by atoms with E-state index in [4.69, 9.17) is 0 Å². The van der Waals surface area contributed by atoms with Crippen LogP contribution in [-0.4, -0.2) is 16.7 Å². The van der Waals surface area contributed by atoms with Gasteiger partial charge in [-0.3, -0.25) is 9.59 Å². The normalized spacial score (nSPS) is 20.3. The van der Waals surface area contributed by atoms with Crippen molar-refractivity contribution in [2.75, 3.05) is 5.32 Å². The van der Waals surface area contributed by atoms with Crippen molar-refractivity contribution in [2.45, 2.75) is 46.5 Å². The summed E-state index contributed by atoms with van der Waals surface area (Å²) in [7, 11) is 0. The van der Waals surface area contributed by atoms with Crippen molar-refractivity contribution in [1.29, 1.82) is 0 Å². The fourth-order valence-electron chi connectivity index (χ4n) is 4.54. The van der Waals surface area contributed by atoms with Crippen LogP contribution in [0, 0.1) is 12.3 Å². The maximum atomic E-state index is 13.5. The number of aromatic nitrogens is 1. The van der Waals surface area contributed by atoms with Gasteiger partial charge in [0.15, 0.2) is 5.78 Å². The van der Waals surface area contributed by atoms with Crippen molar-refractivity contribution in [3.63, 3.8) is 0 Å². The Labute approximate surface area is 191 Å². The van der Waals surface area contributed by atoms with Gasteiger partial charge in [-0.1, -0.05) is 41.9 Å². The Morgan fingerprint density at radius 2 is 1.97 bits per heavy atom. The number of allylic oxidation sites excluding steroid dienone is 3. The number of halogens is 1. The van der Waals surface area contributed by atoms with Gasteiger partial charge in [0.1, 0.15) is 5.82 Å². The smallest absolute Gasteiger partial charge is 0.255 e. The number of ketones is 1. The lowest BCUT2D eigenvalue weighted by Crippen LogP contribution is -2.39. The molecule has 0 unspecified atom stereocenters. The SMILES string of the molecule is CC1=C(C(=O)Nc2cc(C)ccn2)[C@H](c2cccc(Br)c2)C2=C(CC(C)(C)CC2=O)N1. The molecule has 1 aliphatic heterocycles. The number of carbonyl (C=O) groups excluding carboxylic acids is 2. The van der Waals surface area contributed by atoms with Crippen LogP contribution in [0.1, 0.15) is 50.7 Å². The summed E-state index contributed by atoms with van der Waals surface area (Å²) in [6, 6.07) is 11.6. The van der Waals surface area contributed by atoms with E-state index in [1.807, 2.05) is 50.2 Å². The minimum atomic E-state index is -0.429. The number of dihydropyridines is 1. The Balaban J connectivity index is 1.81. The van der Waals surface area contributed by atoms with Crippen LogP contribution in [0.25, 0.3) is 0 Å². The molecule has 0 bridgehead atoms. The largest absolute Gasteiger partial charge is 0.362 e. The number of hydrogen-bond acceptors (Lipinski definition) is 4. The number of nitrogens with one attached hydrogen (secondary N) is 2. The second-order valence-electron chi connectivity index (χ2n) is 9.16. The highest BCUT2D eigenvalue weighted by atomic mass is 79.9. The van der Waals surface area contributed by atoms with Crippen molar-refractivity contribution in [3.8, 4) is 0 Å². The van der Waals surface area contributed by atoms with E-state index < -0.39 is 5.92 Å². The van der Waals surface area contributed by atoms with Crippen molar-refractivity contribution in [1.82, 2.24) is 10.3 Å². The summed E-state index contributed by atoms with van der Waals surface area (Å²) in [5.41, 5.74) is 4.75. The van der Waals surface area contributed by atoms with Gasteiger partial charge in [-0.25, -0.2) is 4.98 Å². The standard InChI is InChI=1S/C25H26BrN3O2/c1-14-8-9-27-20(10-14)29-24(31)21-15(2)28-18-12-25(3,4)13-19(30)23(18)22(21)16-6-5-7-17(26)11-16/h5-11,22,28H,12-13H2,1-4H3,(H,27,29,31)/t22-/m0/s1. The molecule has 2 N–H and O–H groups in total. The molecule has 2 heterocycles. The van der Waals surface area contributed by atoms with Crippen molar-refractivity contribution >= 4 is 33.4 Å². The number of pyridine rings is 1. The molecule has 2 aromatic rings. The highest BCUT2D eigenvalue weighted by Crippen LogP contribution is 2.47. The predicted molar refractivity (Wildman–Crippen MR) is 125 cm³/mol. The lowest BCUT2D eigenvalue weighted by molar-refractivity contribution is -0.118. The topological polar surface area (TPSA) is 71.1 Å². The molecule has 0 saturated heterocycles. The van der Waals surface area contributed by atoms with E-state index in [9.17, 15) is 9.59 Å². The van der Waals surface area contributed by atoms with Crippen molar-refractivity contribution in [3.05, 3.63) is 80.7 Å². The summed E-state index contributed by atoms with van der Waals surface area (Å²) in [6.45, 7) is 8.07. The van der Waals surface area contributed by atoms with E-state index in [1.54, 1.807) is 6.20 Å². The number of hydrogen-bond donors (Lipinski definition) is 2. The van der Waals surface area contributed by atoms with Gasteiger partial charge in [0, 0.05) is 45.5 Å². The molecule has 2 aliphatic rings. The summed E-state index contributed by atoms with van der Waals surface area (Å²) in [6.07, 6.45) is 2.90. The number of benzene rings is 1. The van der Waals surface area contributed by atoms with Gasteiger partial charge in [-0.2, -0.15) is 0 Å². The van der Waals surface area contributed by atoms with Crippen molar-refractivity contribution in [2.24, 2.45) is 5.41 Å². The average Bonchev–Trinajstić information content (AvgIpc) is 2.65. The zero-order valence-electron chi connectivity index (χ0n) is 18.2. The number of anilines is 1. The molecule has 1 aromatic carbocycles.